The van der Waals surface area contributed by atoms with Crippen LogP contribution in [0.3, 0.4) is 0 Å². The summed E-state index contributed by atoms with van der Waals surface area (Å²) in [6, 6.07) is 8.66. The fourth-order valence-electron chi connectivity index (χ4n) is 3.81. The number of likely N-dealkylation sites (tertiary alicyclic amines) is 1. The Bertz CT molecular complexity index is 832. The molecule has 2 heterocycles. The Morgan fingerprint density at radius 2 is 1.93 bits per heavy atom. The van der Waals surface area contributed by atoms with E-state index in [0.29, 0.717) is 17.0 Å². The molecule has 162 valence electrons. The Hall–Kier alpha value is -2.45. The summed E-state index contributed by atoms with van der Waals surface area (Å²) in [5.41, 5.74) is 1.84. The molecular weight excluding hydrogens is 400 g/mol. The smallest absolute Gasteiger partial charge is 0.408 e. The summed E-state index contributed by atoms with van der Waals surface area (Å²) in [7, 11) is 0. The molecule has 8 heteroatoms. The quantitative estimate of drug-likeness (QED) is 0.697. The molecule has 2 aromatic rings. The second-order valence-corrected chi connectivity index (χ2v) is 9.06. The molecule has 1 aliphatic heterocycles. The maximum atomic E-state index is 12.4. The zero-order valence-corrected chi connectivity index (χ0v) is 18.6. The summed E-state index contributed by atoms with van der Waals surface area (Å²) in [5.74, 6) is 1.06. The van der Waals surface area contributed by atoms with E-state index in [1.807, 2.05) is 35.7 Å². The summed E-state index contributed by atoms with van der Waals surface area (Å²) in [4.78, 5) is 31.3. The van der Waals surface area contributed by atoms with Gasteiger partial charge in [0.05, 0.1) is 5.69 Å². The average Bonchev–Trinajstić information content (AvgIpc) is 3.13. The average molecular weight is 431 g/mol. The highest BCUT2D eigenvalue weighted by atomic mass is 32.1. The van der Waals surface area contributed by atoms with E-state index in [0.717, 1.165) is 30.9 Å². The number of hydrogen-bond acceptors (Lipinski definition) is 6. The molecule has 30 heavy (non-hydrogen) atoms. The molecule has 0 aliphatic carbocycles. The molecule has 1 aromatic heterocycles. The maximum absolute atomic E-state index is 12.4. The number of anilines is 1. The van der Waals surface area contributed by atoms with Crippen molar-refractivity contribution in [3.63, 3.8) is 0 Å². The van der Waals surface area contributed by atoms with Gasteiger partial charge in [-0.2, -0.15) is 0 Å². The van der Waals surface area contributed by atoms with Crippen molar-refractivity contribution in [2.45, 2.75) is 46.4 Å². The lowest BCUT2D eigenvalue weighted by molar-refractivity contribution is -0.117. The minimum atomic E-state index is -0.732. The van der Waals surface area contributed by atoms with Crippen LogP contribution in [0.2, 0.25) is 0 Å². The van der Waals surface area contributed by atoms with Crippen LogP contribution in [-0.4, -0.2) is 41.0 Å². The monoisotopic (exact) mass is 430 g/mol. The van der Waals surface area contributed by atoms with Crippen LogP contribution in [0, 0.1) is 11.8 Å². The minimum Gasteiger partial charge on any atom is -0.445 e. The summed E-state index contributed by atoms with van der Waals surface area (Å²) in [6.45, 7) is 9.30. The molecule has 0 bridgehead atoms. The van der Waals surface area contributed by atoms with E-state index in [1.165, 1.54) is 17.8 Å². The number of alkyl carbamates (subject to hydrolysis) is 1. The first-order chi connectivity index (χ1) is 14.4. The van der Waals surface area contributed by atoms with E-state index in [1.54, 1.807) is 6.92 Å². The van der Waals surface area contributed by atoms with Gasteiger partial charge >= 0.3 is 6.09 Å². The van der Waals surface area contributed by atoms with Gasteiger partial charge in [-0.1, -0.05) is 44.2 Å². The van der Waals surface area contributed by atoms with E-state index in [4.69, 9.17) is 4.74 Å². The number of carbonyl (C=O) groups is 2. The first-order valence-electron chi connectivity index (χ1n) is 10.3. The van der Waals surface area contributed by atoms with E-state index in [9.17, 15) is 9.59 Å². The first-order valence-corrected chi connectivity index (χ1v) is 11.2. The predicted molar refractivity (Wildman–Crippen MR) is 118 cm³/mol. The van der Waals surface area contributed by atoms with Gasteiger partial charge in [-0.05, 0) is 30.7 Å². The van der Waals surface area contributed by atoms with Crippen molar-refractivity contribution in [1.29, 1.82) is 0 Å². The number of nitrogens with one attached hydrogen (secondary N) is 2. The Balaban J connectivity index is 1.43. The summed E-state index contributed by atoms with van der Waals surface area (Å²) < 4.78 is 5.16. The molecule has 3 atom stereocenters. The lowest BCUT2D eigenvalue weighted by Gasteiger charge is -2.34. The van der Waals surface area contributed by atoms with Gasteiger partial charge in [0.25, 0.3) is 0 Å². The van der Waals surface area contributed by atoms with Crippen LogP contribution >= 0.6 is 11.3 Å². The second kappa shape index (κ2) is 10.5. The number of amides is 2. The lowest BCUT2D eigenvalue weighted by atomic mass is 9.92. The van der Waals surface area contributed by atoms with Gasteiger partial charge in [0.1, 0.15) is 12.6 Å². The normalized spacial score (nSPS) is 20.4. The fourth-order valence-corrected chi connectivity index (χ4v) is 4.51. The molecule has 1 fully saturated rings. The van der Waals surface area contributed by atoms with Gasteiger partial charge in [-0.3, -0.25) is 9.69 Å². The fraction of sp³-hybridized carbons (Fsp3) is 0.500. The van der Waals surface area contributed by atoms with Crippen LogP contribution in [0.25, 0.3) is 0 Å². The van der Waals surface area contributed by atoms with Gasteiger partial charge in [-0.25, -0.2) is 9.78 Å². The number of hydrogen-bond donors (Lipinski definition) is 2. The number of piperidine rings is 1. The van der Waals surface area contributed by atoms with E-state index in [2.05, 4.69) is 34.4 Å². The molecule has 0 saturated carbocycles. The van der Waals surface area contributed by atoms with Crippen LogP contribution in [-0.2, 0) is 22.7 Å². The van der Waals surface area contributed by atoms with Crippen LogP contribution in [0.15, 0.2) is 35.7 Å². The van der Waals surface area contributed by atoms with Crippen molar-refractivity contribution in [3.05, 3.63) is 47.0 Å². The van der Waals surface area contributed by atoms with Gasteiger partial charge in [0, 0.05) is 25.0 Å². The van der Waals surface area contributed by atoms with Gasteiger partial charge in [0.15, 0.2) is 5.13 Å². The third-order valence-corrected chi connectivity index (χ3v) is 5.86. The van der Waals surface area contributed by atoms with Crippen molar-refractivity contribution in [1.82, 2.24) is 15.2 Å². The number of thiazole rings is 1. The lowest BCUT2D eigenvalue weighted by Crippen LogP contribution is -2.41. The molecule has 7 nitrogen and oxygen atoms in total. The third kappa shape index (κ3) is 6.81. The van der Waals surface area contributed by atoms with E-state index >= 15 is 0 Å². The summed E-state index contributed by atoms with van der Waals surface area (Å²) in [6.07, 6.45) is 0.641. The Labute approximate surface area is 181 Å². The summed E-state index contributed by atoms with van der Waals surface area (Å²) >= 11 is 1.40. The van der Waals surface area contributed by atoms with Crippen LogP contribution in [0.5, 0.6) is 0 Å². The molecular formula is C22H30N4O3S. The van der Waals surface area contributed by atoms with Crippen LogP contribution < -0.4 is 10.6 Å². The Morgan fingerprint density at radius 3 is 2.63 bits per heavy atom. The van der Waals surface area contributed by atoms with Gasteiger partial charge < -0.3 is 15.4 Å². The number of aromatic nitrogens is 1. The van der Waals surface area contributed by atoms with Crippen LogP contribution in [0.1, 0.15) is 38.4 Å². The highest BCUT2D eigenvalue weighted by Gasteiger charge is 2.23. The van der Waals surface area contributed by atoms with Gasteiger partial charge in [-0.15, -0.1) is 11.3 Å². The van der Waals surface area contributed by atoms with Crippen molar-refractivity contribution < 1.29 is 14.3 Å². The second-order valence-electron chi connectivity index (χ2n) is 8.20. The number of benzene rings is 1. The van der Waals surface area contributed by atoms with Crippen LogP contribution in [0.4, 0.5) is 9.93 Å². The topological polar surface area (TPSA) is 83.6 Å². The highest BCUT2D eigenvalue weighted by Crippen LogP contribution is 2.24. The molecule has 1 aromatic carbocycles. The molecule has 3 rings (SSSR count). The standard InChI is InChI=1S/C22H30N4O3S/c1-15-9-16(2)11-26(10-15)12-19-14-30-21(24-19)25-20(27)17(3)23-22(28)29-13-18-7-5-4-6-8-18/h4-8,14-17H,9-13H2,1-3H3,(H,23,28)(H,24,25,27)/t15-,16-,17-/m1/s1. The highest BCUT2D eigenvalue weighted by molar-refractivity contribution is 7.13. The number of carbonyl (C=O) groups excluding carboxylic acids is 2. The van der Waals surface area contributed by atoms with Crippen molar-refractivity contribution >= 4 is 28.5 Å². The molecule has 1 saturated heterocycles. The SMILES string of the molecule is C[C@@H]1C[C@@H](C)CN(Cc2csc(NC(=O)[C@@H](C)NC(=O)OCc3ccccc3)n2)C1. The van der Waals surface area contributed by atoms with Crippen molar-refractivity contribution in [2.24, 2.45) is 11.8 Å². The number of ether oxygens (including phenoxy) is 1. The maximum Gasteiger partial charge on any atom is 0.408 e. The largest absolute Gasteiger partial charge is 0.445 e. The van der Waals surface area contributed by atoms with E-state index in [-0.39, 0.29) is 12.5 Å². The number of rotatable bonds is 7. The van der Waals surface area contributed by atoms with E-state index < -0.39 is 12.1 Å². The Morgan fingerprint density at radius 1 is 1.23 bits per heavy atom. The van der Waals surface area contributed by atoms with Crippen molar-refractivity contribution in [2.75, 3.05) is 18.4 Å². The van der Waals surface area contributed by atoms with Crippen molar-refractivity contribution in [3.8, 4) is 0 Å². The molecule has 0 unspecified atom stereocenters. The summed E-state index contributed by atoms with van der Waals surface area (Å²) in [5, 5.41) is 7.84. The molecule has 0 radical (unpaired) electrons. The zero-order valence-electron chi connectivity index (χ0n) is 17.8. The number of nitrogens with zero attached hydrogens (tertiary/aromatic N) is 2. The molecule has 2 N–H and O–H groups in total. The zero-order chi connectivity index (χ0) is 21.5. The molecule has 0 spiro atoms. The Kier molecular flexibility index (Phi) is 7.81. The molecule has 2 amide bonds. The predicted octanol–water partition coefficient (Wildman–Crippen LogP) is 3.87. The first kappa shape index (κ1) is 22.2. The third-order valence-electron chi connectivity index (χ3n) is 5.05. The minimum absolute atomic E-state index is 0.157. The molecule has 1 aliphatic rings. The van der Waals surface area contributed by atoms with Gasteiger partial charge in [0.2, 0.25) is 5.91 Å².